The number of rotatable bonds is 1. The van der Waals surface area contributed by atoms with Gasteiger partial charge in [-0.15, -0.1) is 0 Å². The molecule has 0 bridgehead atoms. The number of nitrogen functional groups attached to an aromatic ring is 1. The summed E-state index contributed by atoms with van der Waals surface area (Å²) in [5.74, 6) is 0.577. The molecule has 6 heteroatoms. The van der Waals surface area contributed by atoms with E-state index in [-0.39, 0.29) is 11.0 Å². The van der Waals surface area contributed by atoms with E-state index in [1.807, 2.05) is 0 Å². The van der Waals surface area contributed by atoms with Crippen molar-refractivity contribution >= 4 is 39.4 Å². The Bertz CT molecular complexity index is 768. The van der Waals surface area contributed by atoms with Crippen LogP contribution in [-0.4, -0.2) is 37.6 Å². The van der Waals surface area contributed by atoms with Gasteiger partial charge in [0.25, 0.3) is 0 Å². The normalized spacial score (nSPS) is 23.3. The van der Waals surface area contributed by atoms with E-state index in [9.17, 15) is 0 Å². The highest BCUT2D eigenvalue weighted by Crippen LogP contribution is 2.41. The van der Waals surface area contributed by atoms with Crippen molar-refractivity contribution < 1.29 is 0 Å². The van der Waals surface area contributed by atoms with Gasteiger partial charge >= 0.3 is 0 Å². The molecule has 2 aromatic heterocycles. The number of anilines is 1. The zero-order valence-corrected chi connectivity index (χ0v) is 18.3. The maximum absolute atomic E-state index is 6.10. The van der Waals surface area contributed by atoms with Crippen LogP contribution in [0.3, 0.4) is 0 Å². The smallest absolute Gasteiger partial charge is 0.146 e. The lowest BCUT2D eigenvalue weighted by atomic mass is 9.77. The van der Waals surface area contributed by atoms with Crippen LogP contribution in [0.15, 0.2) is 12.5 Å². The molecule has 0 amide bonds. The maximum Gasteiger partial charge on any atom is 0.146 e. The van der Waals surface area contributed by atoms with Crippen molar-refractivity contribution in [1.82, 2.24) is 19.4 Å². The Morgan fingerprint density at radius 3 is 2.44 bits per heavy atom. The van der Waals surface area contributed by atoms with Gasteiger partial charge in [-0.2, -0.15) is 0 Å². The Hall–Kier alpha value is -0.890. The van der Waals surface area contributed by atoms with Crippen LogP contribution in [0.25, 0.3) is 11.0 Å². The summed E-state index contributed by atoms with van der Waals surface area (Å²) in [6.45, 7) is 15.2. The Balaban J connectivity index is 2.00. The fourth-order valence-electron chi connectivity index (χ4n) is 4.16. The molecule has 3 rings (SSSR count). The summed E-state index contributed by atoms with van der Waals surface area (Å²) < 4.78 is 3.48. The molecule has 1 fully saturated rings. The SMILES string of the molecule is CC(C)(C)C1CC(n2cc(I)c3c(N)ncnc32)CCN1C(C)(C)C. The number of hydrogen-bond donors (Lipinski definition) is 1. The minimum absolute atomic E-state index is 0.183. The van der Waals surface area contributed by atoms with E-state index in [1.165, 1.54) is 0 Å². The van der Waals surface area contributed by atoms with E-state index >= 15 is 0 Å². The molecule has 138 valence electrons. The summed E-state index contributed by atoms with van der Waals surface area (Å²) in [6, 6.07) is 0.976. The highest BCUT2D eigenvalue weighted by atomic mass is 127. The first-order valence-electron chi connectivity index (χ1n) is 9.03. The van der Waals surface area contributed by atoms with Crippen LogP contribution in [0, 0.1) is 8.99 Å². The summed E-state index contributed by atoms with van der Waals surface area (Å²) in [5.41, 5.74) is 7.48. The van der Waals surface area contributed by atoms with E-state index in [1.54, 1.807) is 6.33 Å². The van der Waals surface area contributed by atoms with Gasteiger partial charge in [-0.3, -0.25) is 4.90 Å². The molecule has 0 aromatic carbocycles. The van der Waals surface area contributed by atoms with Gasteiger partial charge in [0.05, 0.1) is 5.39 Å². The van der Waals surface area contributed by atoms with Crippen LogP contribution in [0.1, 0.15) is 60.4 Å². The number of piperidine rings is 1. The number of likely N-dealkylation sites (tertiary alicyclic amines) is 1. The van der Waals surface area contributed by atoms with Gasteiger partial charge in [0.15, 0.2) is 0 Å². The Morgan fingerprint density at radius 1 is 1.16 bits per heavy atom. The Labute approximate surface area is 164 Å². The van der Waals surface area contributed by atoms with Crippen molar-refractivity contribution in [2.75, 3.05) is 12.3 Å². The third-order valence-corrected chi connectivity index (χ3v) is 6.24. The van der Waals surface area contributed by atoms with Gasteiger partial charge in [-0.25, -0.2) is 9.97 Å². The summed E-state index contributed by atoms with van der Waals surface area (Å²) in [4.78, 5) is 11.4. The second kappa shape index (κ2) is 6.37. The second-order valence-corrected chi connectivity index (χ2v) is 10.4. The fourth-order valence-corrected chi connectivity index (χ4v) is 4.98. The molecule has 1 saturated heterocycles. The molecule has 25 heavy (non-hydrogen) atoms. The van der Waals surface area contributed by atoms with E-state index in [2.05, 4.69) is 89.8 Å². The molecule has 0 spiro atoms. The lowest BCUT2D eigenvalue weighted by Gasteiger charge is -2.52. The quantitative estimate of drug-likeness (QED) is 0.645. The van der Waals surface area contributed by atoms with Crippen LogP contribution in [0.5, 0.6) is 0 Å². The van der Waals surface area contributed by atoms with Crippen LogP contribution < -0.4 is 5.73 Å². The van der Waals surface area contributed by atoms with Crippen molar-refractivity contribution in [3.63, 3.8) is 0 Å². The standard InChI is InChI=1S/C19H30IN5/c1-18(2,3)14-9-12(7-8-25(14)19(4,5)6)24-10-13(20)15-16(21)22-11-23-17(15)24/h10-12,14H,7-9H2,1-6H3,(H2,21,22,23). The van der Waals surface area contributed by atoms with Gasteiger partial charge in [0, 0.05) is 33.9 Å². The van der Waals surface area contributed by atoms with Gasteiger partial charge in [-0.1, -0.05) is 20.8 Å². The Kier molecular flexibility index (Phi) is 4.81. The van der Waals surface area contributed by atoms with Crippen molar-refractivity contribution in [3.05, 3.63) is 16.1 Å². The van der Waals surface area contributed by atoms with Crippen molar-refractivity contribution in [2.24, 2.45) is 5.41 Å². The number of hydrogen-bond acceptors (Lipinski definition) is 4. The second-order valence-electron chi connectivity index (χ2n) is 9.27. The number of fused-ring (bicyclic) bond motifs is 1. The maximum atomic E-state index is 6.10. The molecule has 2 unspecified atom stereocenters. The van der Waals surface area contributed by atoms with Gasteiger partial charge in [-0.05, 0) is 61.6 Å². The molecule has 0 aliphatic carbocycles. The molecule has 0 radical (unpaired) electrons. The zero-order chi connectivity index (χ0) is 18.6. The number of nitrogens with zero attached hydrogens (tertiary/aromatic N) is 4. The highest BCUT2D eigenvalue weighted by molar-refractivity contribution is 14.1. The first-order chi connectivity index (χ1) is 11.5. The number of halogens is 1. The topological polar surface area (TPSA) is 60.0 Å². The van der Waals surface area contributed by atoms with E-state index < -0.39 is 0 Å². The highest BCUT2D eigenvalue weighted by Gasteiger charge is 2.41. The summed E-state index contributed by atoms with van der Waals surface area (Å²) in [7, 11) is 0. The molecule has 2 atom stereocenters. The minimum Gasteiger partial charge on any atom is -0.383 e. The number of aromatic nitrogens is 3. The largest absolute Gasteiger partial charge is 0.383 e. The van der Waals surface area contributed by atoms with Gasteiger partial charge in [0.2, 0.25) is 0 Å². The van der Waals surface area contributed by atoms with Crippen LogP contribution in [0.2, 0.25) is 0 Å². The van der Waals surface area contributed by atoms with Crippen LogP contribution in [-0.2, 0) is 0 Å². The summed E-state index contributed by atoms with van der Waals surface area (Å²) in [5, 5.41) is 0.994. The van der Waals surface area contributed by atoms with E-state index in [0.717, 1.165) is 34.0 Å². The first kappa shape index (κ1) is 18.9. The molecule has 1 aliphatic heterocycles. The fraction of sp³-hybridized carbons (Fsp3) is 0.684. The average molecular weight is 455 g/mol. The molecule has 5 nitrogen and oxygen atoms in total. The molecular formula is C19H30IN5. The summed E-state index contributed by atoms with van der Waals surface area (Å²) >= 11 is 2.35. The van der Waals surface area contributed by atoms with Gasteiger partial charge in [0.1, 0.15) is 17.8 Å². The van der Waals surface area contributed by atoms with Gasteiger partial charge < -0.3 is 10.3 Å². The van der Waals surface area contributed by atoms with E-state index in [0.29, 0.717) is 17.9 Å². The van der Waals surface area contributed by atoms with Crippen LogP contribution in [0.4, 0.5) is 5.82 Å². The lowest BCUT2D eigenvalue weighted by molar-refractivity contribution is -0.0192. The first-order valence-corrected chi connectivity index (χ1v) is 10.1. The third kappa shape index (κ3) is 3.52. The van der Waals surface area contributed by atoms with Crippen molar-refractivity contribution in [1.29, 1.82) is 0 Å². The molecule has 2 aromatic rings. The minimum atomic E-state index is 0.183. The van der Waals surface area contributed by atoms with Crippen molar-refractivity contribution in [3.8, 4) is 0 Å². The van der Waals surface area contributed by atoms with Crippen molar-refractivity contribution in [2.45, 2.75) is 72.0 Å². The molecule has 0 saturated carbocycles. The predicted octanol–water partition coefficient (Wildman–Crippen LogP) is 4.47. The molecule has 3 heterocycles. The van der Waals surface area contributed by atoms with Crippen LogP contribution >= 0.6 is 22.6 Å². The monoisotopic (exact) mass is 455 g/mol. The predicted molar refractivity (Wildman–Crippen MR) is 113 cm³/mol. The third-order valence-electron chi connectivity index (χ3n) is 5.42. The molecular weight excluding hydrogens is 425 g/mol. The summed E-state index contributed by atoms with van der Waals surface area (Å²) in [6.07, 6.45) is 6.04. The number of nitrogens with two attached hydrogens (primary N) is 1. The average Bonchev–Trinajstić information content (AvgIpc) is 2.83. The Morgan fingerprint density at radius 2 is 1.84 bits per heavy atom. The van der Waals surface area contributed by atoms with E-state index in [4.69, 9.17) is 5.73 Å². The lowest BCUT2D eigenvalue weighted by Crippen LogP contribution is -2.57. The molecule has 2 N–H and O–H groups in total. The molecule has 1 aliphatic rings. The zero-order valence-electron chi connectivity index (χ0n) is 16.2.